The molecule has 1 aliphatic heterocycles. The number of nitrogens with one attached hydrogen (secondary N) is 2. The highest BCUT2D eigenvalue weighted by Gasteiger charge is 2.40. The molecule has 172 valence electrons. The average Bonchev–Trinajstić information content (AvgIpc) is 2.71. The van der Waals surface area contributed by atoms with Crippen LogP contribution in [0.5, 0.6) is 0 Å². The maximum Gasteiger partial charge on any atom is 0.224 e. The van der Waals surface area contributed by atoms with Gasteiger partial charge in [0, 0.05) is 42.1 Å². The largest absolute Gasteiger partial charge is 0.390 e. The van der Waals surface area contributed by atoms with Crippen molar-refractivity contribution in [2.75, 3.05) is 11.4 Å². The summed E-state index contributed by atoms with van der Waals surface area (Å²) in [6.07, 6.45) is 0.468. The molecule has 0 saturated heterocycles. The molecule has 1 heterocycles. The van der Waals surface area contributed by atoms with Crippen molar-refractivity contribution in [1.29, 1.82) is 0 Å². The Morgan fingerprint density at radius 2 is 1.88 bits per heavy atom. The molecule has 0 aliphatic carbocycles. The molecule has 0 bridgehead atoms. The van der Waals surface area contributed by atoms with Crippen LogP contribution in [0.2, 0.25) is 0 Å². The number of carbonyl (C=O) groups is 2. The molecule has 6 nitrogen and oxygen atoms in total. The molecule has 0 fully saturated rings. The molecule has 3 atom stereocenters. The van der Waals surface area contributed by atoms with Gasteiger partial charge in [-0.05, 0) is 56.0 Å². The van der Waals surface area contributed by atoms with Crippen LogP contribution in [0.3, 0.4) is 0 Å². The SMILES string of the molecule is CC(=O)N[C@@H](Cc1ccccc1)[C@@H](O)CN[C@H]1CC(C)(C)N(C(C)=O)c2ccc(Br)cc21. The summed E-state index contributed by atoms with van der Waals surface area (Å²) in [6, 6.07) is 15.3. The quantitative estimate of drug-likeness (QED) is 0.539. The summed E-state index contributed by atoms with van der Waals surface area (Å²) in [4.78, 5) is 26.0. The summed E-state index contributed by atoms with van der Waals surface area (Å²) in [5, 5.41) is 17.4. The molecule has 0 aromatic heterocycles. The van der Waals surface area contributed by atoms with Crippen LogP contribution in [-0.2, 0) is 16.0 Å². The molecule has 3 rings (SSSR count). The first kappa shape index (κ1) is 24.4. The number of hydrogen-bond donors (Lipinski definition) is 3. The lowest BCUT2D eigenvalue weighted by molar-refractivity contribution is -0.120. The van der Waals surface area contributed by atoms with Crippen LogP contribution in [-0.4, -0.2) is 41.2 Å². The summed E-state index contributed by atoms with van der Waals surface area (Å²) in [5.41, 5.74) is 2.57. The van der Waals surface area contributed by atoms with E-state index in [9.17, 15) is 14.7 Å². The molecular weight excluding hydrogens is 470 g/mol. The van der Waals surface area contributed by atoms with Crippen LogP contribution in [0.15, 0.2) is 53.0 Å². The van der Waals surface area contributed by atoms with Crippen LogP contribution in [0.4, 0.5) is 5.69 Å². The Balaban J connectivity index is 1.79. The monoisotopic (exact) mass is 501 g/mol. The number of aliphatic hydroxyl groups is 1. The Hall–Kier alpha value is -2.22. The van der Waals surface area contributed by atoms with Crippen LogP contribution < -0.4 is 15.5 Å². The number of anilines is 1. The van der Waals surface area contributed by atoms with E-state index in [1.807, 2.05) is 53.4 Å². The van der Waals surface area contributed by atoms with Crippen molar-refractivity contribution in [2.24, 2.45) is 0 Å². The molecule has 2 aromatic rings. The smallest absolute Gasteiger partial charge is 0.224 e. The number of halogens is 1. The molecule has 0 saturated carbocycles. The van der Waals surface area contributed by atoms with Gasteiger partial charge in [0.25, 0.3) is 0 Å². The van der Waals surface area contributed by atoms with E-state index < -0.39 is 12.1 Å². The number of fused-ring (bicyclic) bond motifs is 1. The van der Waals surface area contributed by atoms with Crippen molar-refractivity contribution in [3.8, 4) is 0 Å². The Labute approximate surface area is 198 Å². The van der Waals surface area contributed by atoms with Gasteiger partial charge in [-0.15, -0.1) is 0 Å². The van der Waals surface area contributed by atoms with Gasteiger partial charge in [-0.2, -0.15) is 0 Å². The Morgan fingerprint density at radius 1 is 1.19 bits per heavy atom. The summed E-state index contributed by atoms with van der Waals surface area (Å²) in [5.74, 6) is -0.166. The van der Waals surface area contributed by atoms with Gasteiger partial charge < -0.3 is 20.6 Å². The van der Waals surface area contributed by atoms with Crippen molar-refractivity contribution in [3.63, 3.8) is 0 Å². The number of benzene rings is 2. The van der Waals surface area contributed by atoms with E-state index in [4.69, 9.17) is 0 Å². The van der Waals surface area contributed by atoms with Crippen LogP contribution >= 0.6 is 15.9 Å². The zero-order valence-corrected chi connectivity index (χ0v) is 20.6. The molecule has 0 spiro atoms. The minimum atomic E-state index is -0.774. The van der Waals surface area contributed by atoms with E-state index in [1.165, 1.54) is 6.92 Å². The minimum absolute atomic E-state index is 0.00522. The third-order valence-electron chi connectivity index (χ3n) is 5.95. The third-order valence-corrected chi connectivity index (χ3v) is 6.45. The summed E-state index contributed by atoms with van der Waals surface area (Å²) in [7, 11) is 0. The lowest BCUT2D eigenvalue weighted by Crippen LogP contribution is -2.54. The zero-order chi connectivity index (χ0) is 23.5. The second kappa shape index (κ2) is 10.1. The first-order valence-electron chi connectivity index (χ1n) is 10.9. The molecule has 2 amide bonds. The van der Waals surface area contributed by atoms with Gasteiger partial charge in [0.1, 0.15) is 0 Å². The fraction of sp³-hybridized carbons (Fsp3) is 0.440. The van der Waals surface area contributed by atoms with Crippen molar-refractivity contribution in [2.45, 2.75) is 64.3 Å². The summed E-state index contributed by atoms with van der Waals surface area (Å²) in [6.45, 7) is 7.48. The molecular formula is C25H32BrN3O3. The second-order valence-electron chi connectivity index (χ2n) is 9.10. The number of carbonyl (C=O) groups excluding carboxylic acids is 2. The predicted molar refractivity (Wildman–Crippen MR) is 130 cm³/mol. The molecule has 3 N–H and O–H groups in total. The van der Waals surface area contributed by atoms with Gasteiger partial charge in [0.15, 0.2) is 0 Å². The number of rotatable bonds is 7. The highest BCUT2D eigenvalue weighted by atomic mass is 79.9. The van der Waals surface area contributed by atoms with Crippen molar-refractivity contribution in [3.05, 3.63) is 64.1 Å². The summed E-state index contributed by atoms with van der Waals surface area (Å²) < 4.78 is 0.937. The number of aliphatic hydroxyl groups excluding tert-OH is 1. The molecule has 2 aromatic carbocycles. The van der Waals surface area contributed by atoms with Gasteiger partial charge in [-0.3, -0.25) is 9.59 Å². The standard InChI is InChI=1S/C25H32BrN3O3/c1-16(30)28-21(12-18-8-6-5-7-9-18)24(32)15-27-22-14-25(3,4)29(17(2)31)23-11-10-19(26)13-20(22)23/h5-11,13,21-22,24,27,32H,12,14-15H2,1-4H3,(H,28,30)/t21-,22-,24-/m0/s1. The second-order valence-corrected chi connectivity index (χ2v) is 10.0. The Morgan fingerprint density at radius 3 is 2.50 bits per heavy atom. The van der Waals surface area contributed by atoms with Gasteiger partial charge in [0.05, 0.1) is 12.1 Å². The van der Waals surface area contributed by atoms with E-state index in [0.717, 1.165) is 21.3 Å². The van der Waals surface area contributed by atoms with E-state index in [2.05, 4.69) is 40.4 Å². The summed E-state index contributed by atoms with van der Waals surface area (Å²) >= 11 is 3.54. The molecule has 32 heavy (non-hydrogen) atoms. The van der Waals surface area contributed by atoms with Crippen molar-refractivity contribution < 1.29 is 14.7 Å². The highest BCUT2D eigenvalue weighted by Crippen LogP contribution is 2.43. The van der Waals surface area contributed by atoms with Gasteiger partial charge in [-0.25, -0.2) is 0 Å². The number of nitrogens with zero attached hydrogens (tertiary/aromatic N) is 1. The lowest BCUT2D eigenvalue weighted by atomic mass is 9.83. The van der Waals surface area contributed by atoms with Crippen LogP contribution in [0, 0.1) is 0 Å². The van der Waals surface area contributed by atoms with Gasteiger partial charge in [-0.1, -0.05) is 46.3 Å². The average molecular weight is 502 g/mol. The maximum atomic E-state index is 12.4. The fourth-order valence-electron chi connectivity index (χ4n) is 4.63. The van der Waals surface area contributed by atoms with E-state index >= 15 is 0 Å². The first-order valence-corrected chi connectivity index (χ1v) is 11.7. The molecule has 7 heteroatoms. The van der Waals surface area contributed by atoms with Crippen LogP contribution in [0.1, 0.15) is 51.3 Å². The van der Waals surface area contributed by atoms with E-state index in [0.29, 0.717) is 19.4 Å². The van der Waals surface area contributed by atoms with Crippen LogP contribution in [0.25, 0.3) is 0 Å². The Bertz CT molecular complexity index is 964. The topological polar surface area (TPSA) is 81.7 Å². The Kier molecular flexibility index (Phi) is 7.75. The van der Waals surface area contributed by atoms with E-state index in [1.54, 1.807) is 6.92 Å². The molecule has 0 radical (unpaired) electrons. The van der Waals surface area contributed by atoms with Gasteiger partial charge >= 0.3 is 0 Å². The molecule has 0 unspecified atom stereocenters. The minimum Gasteiger partial charge on any atom is -0.390 e. The van der Waals surface area contributed by atoms with E-state index in [-0.39, 0.29) is 23.4 Å². The third kappa shape index (κ3) is 5.77. The normalized spacial score (nSPS) is 19.1. The zero-order valence-electron chi connectivity index (χ0n) is 19.1. The van der Waals surface area contributed by atoms with Crippen molar-refractivity contribution >= 4 is 33.4 Å². The number of hydrogen-bond acceptors (Lipinski definition) is 4. The van der Waals surface area contributed by atoms with Gasteiger partial charge in [0.2, 0.25) is 11.8 Å². The lowest BCUT2D eigenvalue weighted by Gasteiger charge is -2.46. The van der Waals surface area contributed by atoms with Crippen molar-refractivity contribution in [1.82, 2.24) is 10.6 Å². The maximum absolute atomic E-state index is 12.4. The fourth-order valence-corrected chi connectivity index (χ4v) is 5.01. The highest BCUT2D eigenvalue weighted by molar-refractivity contribution is 9.10. The molecule has 1 aliphatic rings. The number of amides is 2. The first-order chi connectivity index (χ1) is 15.1. The predicted octanol–water partition coefficient (Wildman–Crippen LogP) is 3.72.